The van der Waals surface area contributed by atoms with Crippen LogP contribution in [0.3, 0.4) is 0 Å². The molecule has 9 heteroatoms. The molecule has 0 spiro atoms. The van der Waals surface area contributed by atoms with Gasteiger partial charge in [-0.05, 0) is 12.3 Å². The Bertz CT molecular complexity index is 375. The van der Waals surface area contributed by atoms with Crippen molar-refractivity contribution in [2.45, 2.75) is 17.5 Å². The summed E-state index contributed by atoms with van der Waals surface area (Å²) in [6.07, 6.45) is 4.49. The average Bonchev–Trinajstić information content (AvgIpc) is 2.16. The van der Waals surface area contributed by atoms with E-state index in [9.17, 15) is 14.2 Å². The van der Waals surface area contributed by atoms with Gasteiger partial charge in [0.05, 0.1) is 6.04 Å². The zero-order chi connectivity index (χ0) is 12.3. The quantitative estimate of drug-likeness (QED) is 0.429. The third kappa shape index (κ3) is 3.28. The summed E-state index contributed by atoms with van der Waals surface area (Å²) in [7, 11) is -8.36. The molecule has 0 aromatic rings. The van der Waals surface area contributed by atoms with Gasteiger partial charge < -0.3 is 25.1 Å². The van der Waals surface area contributed by atoms with Gasteiger partial charge in [-0.25, -0.2) is 0 Å². The van der Waals surface area contributed by atoms with Crippen molar-refractivity contribution in [1.29, 1.82) is 0 Å². The predicted molar refractivity (Wildman–Crippen MR) is 58.3 cm³/mol. The highest BCUT2D eigenvalue weighted by Gasteiger charge is 2.42. The Morgan fingerprint density at radius 2 is 2.00 bits per heavy atom. The first-order chi connectivity index (χ1) is 7.34. The van der Waals surface area contributed by atoms with E-state index < -0.39 is 33.2 Å². The third-order valence-electron chi connectivity index (χ3n) is 2.12. The summed E-state index contributed by atoms with van der Waals surface area (Å²) in [4.78, 5) is 26.7. The van der Waals surface area contributed by atoms with Crippen molar-refractivity contribution in [2.75, 3.05) is 0 Å². The molecule has 1 aliphatic rings. The standard InChI is InChI=1S/C7H13NO6P2/c9-6(5-3-1-2-4-8-5)7(15(10)11)16(12,13)14/h1-9,15H,(H,10,11)(H2,12,13,14). The number of rotatable bonds is 4. The van der Waals surface area contributed by atoms with Crippen molar-refractivity contribution >= 4 is 15.6 Å². The second-order valence-corrected chi connectivity index (χ2v) is 6.82. The molecule has 0 aromatic heterocycles. The van der Waals surface area contributed by atoms with E-state index in [2.05, 4.69) is 5.32 Å². The lowest BCUT2D eigenvalue weighted by molar-refractivity contribution is 0.152. The number of hydrogen-bond donors (Lipinski definition) is 5. The molecule has 1 aliphatic heterocycles. The Morgan fingerprint density at radius 1 is 1.38 bits per heavy atom. The van der Waals surface area contributed by atoms with E-state index in [4.69, 9.17) is 14.7 Å². The molecule has 92 valence electrons. The number of aliphatic hydroxyl groups is 1. The van der Waals surface area contributed by atoms with Gasteiger partial charge in [-0.1, -0.05) is 12.2 Å². The molecular formula is C7H13NO6P2. The molecule has 7 nitrogen and oxygen atoms in total. The van der Waals surface area contributed by atoms with E-state index >= 15 is 0 Å². The number of hydrogen-bond acceptors (Lipinski definition) is 4. The van der Waals surface area contributed by atoms with Crippen molar-refractivity contribution < 1.29 is 28.9 Å². The highest BCUT2D eigenvalue weighted by molar-refractivity contribution is 7.65. The van der Waals surface area contributed by atoms with Crippen LogP contribution in [0.5, 0.6) is 0 Å². The maximum atomic E-state index is 11.0. The van der Waals surface area contributed by atoms with E-state index in [1.165, 1.54) is 12.3 Å². The van der Waals surface area contributed by atoms with Crippen molar-refractivity contribution in [3.63, 3.8) is 0 Å². The van der Waals surface area contributed by atoms with Gasteiger partial charge in [0, 0.05) is 0 Å². The summed E-state index contributed by atoms with van der Waals surface area (Å²) in [5.41, 5.74) is 0. The molecule has 5 N–H and O–H groups in total. The summed E-state index contributed by atoms with van der Waals surface area (Å²) >= 11 is 0. The average molecular weight is 269 g/mol. The van der Waals surface area contributed by atoms with Crippen LogP contribution in [0.15, 0.2) is 24.4 Å². The fraction of sp³-hybridized carbons (Fsp3) is 0.429. The Labute approximate surface area is 92.5 Å². The van der Waals surface area contributed by atoms with Gasteiger partial charge in [0.2, 0.25) is 8.03 Å². The van der Waals surface area contributed by atoms with Gasteiger partial charge in [-0.2, -0.15) is 0 Å². The van der Waals surface area contributed by atoms with E-state index in [-0.39, 0.29) is 0 Å². The first-order valence-corrected chi connectivity index (χ1v) is 7.51. The largest absolute Gasteiger partial charge is 0.389 e. The van der Waals surface area contributed by atoms with Crippen LogP contribution < -0.4 is 5.32 Å². The van der Waals surface area contributed by atoms with Crippen LogP contribution in [0.4, 0.5) is 0 Å². The molecule has 0 aromatic carbocycles. The first-order valence-electron chi connectivity index (χ1n) is 4.39. The summed E-state index contributed by atoms with van der Waals surface area (Å²) in [6.45, 7) is 0. The lowest BCUT2D eigenvalue weighted by atomic mass is 10.1. The summed E-state index contributed by atoms with van der Waals surface area (Å²) in [6, 6.07) is -0.788. The van der Waals surface area contributed by atoms with E-state index in [0.717, 1.165) is 0 Å². The van der Waals surface area contributed by atoms with Gasteiger partial charge in [-0.15, -0.1) is 0 Å². The van der Waals surface area contributed by atoms with E-state index in [0.29, 0.717) is 0 Å². The highest BCUT2D eigenvalue weighted by Crippen LogP contribution is 2.53. The number of nitrogens with one attached hydrogen (secondary N) is 1. The molecule has 4 unspecified atom stereocenters. The van der Waals surface area contributed by atoms with Gasteiger partial charge in [0.25, 0.3) is 0 Å². The summed E-state index contributed by atoms with van der Waals surface area (Å²) < 4.78 is 21.9. The molecule has 0 bridgehead atoms. The zero-order valence-electron chi connectivity index (χ0n) is 8.09. The minimum Gasteiger partial charge on any atom is -0.389 e. The van der Waals surface area contributed by atoms with Crippen LogP contribution in [0.25, 0.3) is 0 Å². The molecule has 0 saturated heterocycles. The Kier molecular flexibility index (Phi) is 4.50. The molecule has 0 radical (unpaired) electrons. The van der Waals surface area contributed by atoms with Crippen molar-refractivity contribution in [3.05, 3.63) is 24.4 Å². The topological polar surface area (TPSA) is 127 Å². The zero-order valence-corrected chi connectivity index (χ0v) is 9.99. The minimum atomic E-state index is -4.82. The van der Waals surface area contributed by atoms with Crippen molar-refractivity contribution in [2.24, 2.45) is 0 Å². The van der Waals surface area contributed by atoms with Crippen molar-refractivity contribution in [3.8, 4) is 0 Å². The fourth-order valence-electron chi connectivity index (χ4n) is 1.36. The maximum Gasteiger partial charge on any atom is 0.340 e. The SMILES string of the molecule is O=[PH](O)C(C(O)C1C=CC=CN1)P(=O)(O)O. The van der Waals surface area contributed by atoms with Crippen LogP contribution in [0.1, 0.15) is 0 Å². The van der Waals surface area contributed by atoms with Gasteiger partial charge in [0.15, 0.2) is 5.40 Å². The predicted octanol–water partition coefficient (Wildman–Crippen LogP) is -0.640. The lowest BCUT2D eigenvalue weighted by Gasteiger charge is -2.27. The summed E-state index contributed by atoms with van der Waals surface area (Å²) in [5.74, 6) is 0. The highest BCUT2D eigenvalue weighted by atomic mass is 31.2. The smallest absolute Gasteiger partial charge is 0.340 e. The first kappa shape index (κ1) is 13.6. The normalized spacial score (nSPS) is 25.9. The maximum absolute atomic E-state index is 11.0. The Hall–Kier alpha value is -0.420. The van der Waals surface area contributed by atoms with Crippen LogP contribution >= 0.6 is 15.6 Å². The number of dihydropyridines is 1. The van der Waals surface area contributed by atoms with Gasteiger partial charge in [-0.3, -0.25) is 9.13 Å². The third-order valence-corrected chi connectivity index (χ3v) is 5.67. The van der Waals surface area contributed by atoms with Crippen LogP contribution in [0, 0.1) is 0 Å². The molecule has 0 aliphatic carbocycles. The van der Waals surface area contributed by atoms with E-state index in [1.807, 2.05) is 0 Å². The van der Waals surface area contributed by atoms with Crippen molar-refractivity contribution in [1.82, 2.24) is 5.32 Å². The second kappa shape index (κ2) is 5.27. The van der Waals surface area contributed by atoms with E-state index in [1.54, 1.807) is 12.2 Å². The Morgan fingerprint density at radius 3 is 2.38 bits per heavy atom. The fourth-order valence-corrected chi connectivity index (χ4v) is 3.59. The second-order valence-electron chi connectivity index (χ2n) is 3.30. The molecule has 0 amide bonds. The molecular weight excluding hydrogens is 256 g/mol. The molecule has 0 saturated carbocycles. The lowest BCUT2D eigenvalue weighted by Crippen LogP contribution is -2.42. The summed E-state index contributed by atoms with van der Waals surface area (Å²) in [5, 5.41) is 10.3. The monoisotopic (exact) mass is 269 g/mol. The van der Waals surface area contributed by atoms with Crippen LogP contribution in [-0.4, -0.2) is 37.3 Å². The molecule has 0 fully saturated rings. The minimum absolute atomic E-state index is 0.788. The van der Waals surface area contributed by atoms with Crippen LogP contribution in [0.2, 0.25) is 0 Å². The number of allylic oxidation sites excluding steroid dienone is 2. The van der Waals surface area contributed by atoms with Gasteiger partial charge >= 0.3 is 7.60 Å². The molecule has 16 heavy (non-hydrogen) atoms. The number of aliphatic hydroxyl groups excluding tert-OH is 1. The molecule has 1 heterocycles. The van der Waals surface area contributed by atoms with Crippen LogP contribution in [-0.2, 0) is 9.13 Å². The molecule has 4 atom stereocenters. The molecule has 1 rings (SSSR count). The van der Waals surface area contributed by atoms with Gasteiger partial charge in [0.1, 0.15) is 6.10 Å². The Balaban J connectivity index is 2.87.